The molecule has 0 unspecified atom stereocenters. The maximum atomic E-state index is 13.5. The third-order valence-corrected chi connectivity index (χ3v) is 10.4. The predicted octanol–water partition coefficient (Wildman–Crippen LogP) is 3.72. The highest BCUT2D eigenvalue weighted by atomic mass is 32.2. The van der Waals surface area contributed by atoms with Crippen molar-refractivity contribution in [3.8, 4) is 0 Å². The van der Waals surface area contributed by atoms with Gasteiger partial charge in [-0.1, -0.05) is 49.6 Å². The van der Waals surface area contributed by atoms with E-state index in [4.69, 9.17) is 9.47 Å². The van der Waals surface area contributed by atoms with Gasteiger partial charge in [-0.15, -0.1) is 11.8 Å². The maximum absolute atomic E-state index is 13.5. The Bertz CT molecular complexity index is 957. The first-order valence-corrected chi connectivity index (χ1v) is 17.3. The fourth-order valence-corrected chi connectivity index (χ4v) is 8.09. The Kier molecular flexibility index (Phi) is 13.4. The molecule has 41 heavy (non-hydrogen) atoms. The van der Waals surface area contributed by atoms with Crippen LogP contribution in [0.2, 0.25) is 0 Å². The van der Waals surface area contributed by atoms with Crippen molar-refractivity contribution in [1.82, 2.24) is 20.4 Å². The SMILES string of the molecule is COCCOC(=O)N1CSC[C@H]1C(=O)N[C@@H](CSCC1CCCCC1)C(=O)NC1CCN(Cc2ccccc2)CC1. The second kappa shape index (κ2) is 17.2. The maximum Gasteiger partial charge on any atom is 0.411 e. The van der Waals surface area contributed by atoms with E-state index in [2.05, 4.69) is 39.8 Å². The van der Waals surface area contributed by atoms with Crippen LogP contribution in [0.4, 0.5) is 4.79 Å². The lowest BCUT2D eigenvalue weighted by atomic mass is 9.91. The third-order valence-electron chi connectivity index (χ3n) is 8.11. The molecule has 3 aliphatic rings. The molecule has 0 aromatic heterocycles. The number of thioether (sulfide) groups is 2. The molecule has 1 aromatic rings. The Balaban J connectivity index is 1.30. The Morgan fingerprint density at radius 3 is 2.54 bits per heavy atom. The van der Waals surface area contributed by atoms with Crippen molar-refractivity contribution in [1.29, 1.82) is 0 Å². The van der Waals surface area contributed by atoms with E-state index in [-0.39, 0.29) is 24.5 Å². The Hall–Kier alpha value is -1.95. The molecule has 2 N–H and O–H groups in total. The molecule has 4 rings (SSSR count). The topological polar surface area (TPSA) is 100 Å². The van der Waals surface area contributed by atoms with Crippen LogP contribution in [0.3, 0.4) is 0 Å². The van der Waals surface area contributed by atoms with Gasteiger partial charge in [-0.3, -0.25) is 19.4 Å². The third kappa shape index (κ3) is 10.4. The van der Waals surface area contributed by atoms with Crippen molar-refractivity contribution in [3.05, 3.63) is 35.9 Å². The molecule has 11 heteroatoms. The minimum absolute atomic E-state index is 0.0894. The van der Waals surface area contributed by atoms with E-state index in [1.54, 1.807) is 18.9 Å². The number of carbonyl (C=O) groups excluding carboxylic acids is 3. The summed E-state index contributed by atoms with van der Waals surface area (Å²) in [5.74, 6) is 2.66. The molecule has 9 nitrogen and oxygen atoms in total. The van der Waals surface area contributed by atoms with Crippen molar-refractivity contribution in [3.63, 3.8) is 0 Å². The summed E-state index contributed by atoms with van der Waals surface area (Å²) in [6, 6.07) is 9.25. The van der Waals surface area contributed by atoms with Crippen LogP contribution in [0, 0.1) is 5.92 Å². The molecule has 2 heterocycles. The lowest BCUT2D eigenvalue weighted by molar-refractivity contribution is -0.130. The summed E-state index contributed by atoms with van der Waals surface area (Å²) in [6.07, 6.45) is 7.62. The van der Waals surface area contributed by atoms with Crippen molar-refractivity contribution < 1.29 is 23.9 Å². The van der Waals surface area contributed by atoms with E-state index in [9.17, 15) is 14.4 Å². The van der Waals surface area contributed by atoms with Crippen molar-refractivity contribution >= 4 is 41.4 Å². The van der Waals surface area contributed by atoms with Crippen LogP contribution in [-0.4, -0.2) is 102 Å². The molecule has 1 saturated carbocycles. The summed E-state index contributed by atoms with van der Waals surface area (Å²) in [5, 5.41) is 6.25. The summed E-state index contributed by atoms with van der Waals surface area (Å²) in [4.78, 5) is 43.4. The zero-order valence-electron chi connectivity index (χ0n) is 24.3. The van der Waals surface area contributed by atoms with E-state index < -0.39 is 18.2 Å². The summed E-state index contributed by atoms with van der Waals surface area (Å²) in [7, 11) is 1.54. The van der Waals surface area contributed by atoms with Gasteiger partial charge in [0, 0.05) is 44.3 Å². The van der Waals surface area contributed by atoms with Crippen LogP contribution < -0.4 is 10.6 Å². The van der Waals surface area contributed by atoms with Gasteiger partial charge in [0.05, 0.1) is 12.5 Å². The molecule has 0 radical (unpaired) electrons. The molecule has 3 amide bonds. The first kappa shape index (κ1) is 32.0. The van der Waals surface area contributed by atoms with E-state index in [1.807, 2.05) is 6.07 Å². The van der Waals surface area contributed by atoms with Gasteiger partial charge in [0.2, 0.25) is 11.8 Å². The van der Waals surface area contributed by atoms with Crippen LogP contribution >= 0.6 is 23.5 Å². The van der Waals surface area contributed by atoms with E-state index in [1.165, 1.54) is 54.3 Å². The Morgan fingerprint density at radius 2 is 1.80 bits per heavy atom. The lowest BCUT2D eigenvalue weighted by Gasteiger charge is -2.33. The highest BCUT2D eigenvalue weighted by molar-refractivity contribution is 7.99. The summed E-state index contributed by atoms with van der Waals surface area (Å²) in [5.41, 5.74) is 1.30. The number of nitrogens with one attached hydrogen (secondary N) is 2. The van der Waals surface area contributed by atoms with Gasteiger partial charge in [-0.25, -0.2) is 4.79 Å². The molecular formula is C30H46N4O5S2. The number of piperidine rings is 1. The quantitative estimate of drug-likeness (QED) is 0.328. The molecule has 1 aromatic carbocycles. The second-order valence-electron chi connectivity index (χ2n) is 11.2. The van der Waals surface area contributed by atoms with Crippen LogP contribution in [0.5, 0.6) is 0 Å². The van der Waals surface area contributed by atoms with Crippen molar-refractivity contribution in [2.45, 2.75) is 69.6 Å². The minimum atomic E-state index is -0.657. The number of hydrogen-bond donors (Lipinski definition) is 2. The molecule has 228 valence electrons. The first-order chi connectivity index (χ1) is 20.0. The van der Waals surface area contributed by atoms with Gasteiger partial charge in [0.25, 0.3) is 0 Å². The average molecular weight is 607 g/mol. The molecule has 2 saturated heterocycles. The predicted molar refractivity (Wildman–Crippen MR) is 165 cm³/mol. The monoisotopic (exact) mass is 606 g/mol. The summed E-state index contributed by atoms with van der Waals surface area (Å²) < 4.78 is 10.2. The zero-order valence-corrected chi connectivity index (χ0v) is 25.9. The van der Waals surface area contributed by atoms with Crippen molar-refractivity contribution in [2.24, 2.45) is 5.92 Å². The number of ether oxygens (including phenoxy) is 2. The minimum Gasteiger partial charge on any atom is -0.447 e. The average Bonchev–Trinajstić information content (AvgIpc) is 3.49. The number of benzene rings is 1. The van der Waals surface area contributed by atoms with Gasteiger partial charge in [0.1, 0.15) is 18.7 Å². The Morgan fingerprint density at radius 1 is 1.05 bits per heavy atom. The number of amides is 3. The Labute approximate surface area is 253 Å². The molecule has 2 atom stereocenters. The lowest BCUT2D eigenvalue weighted by Crippen LogP contribution is -2.56. The molecule has 3 fully saturated rings. The van der Waals surface area contributed by atoms with Gasteiger partial charge < -0.3 is 20.1 Å². The number of likely N-dealkylation sites (tertiary alicyclic amines) is 1. The largest absolute Gasteiger partial charge is 0.447 e. The van der Waals surface area contributed by atoms with Crippen LogP contribution in [0.25, 0.3) is 0 Å². The molecule has 1 aliphatic carbocycles. The van der Waals surface area contributed by atoms with E-state index >= 15 is 0 Å². The van der Waals surface area contributed by atoms with Gasteiger partial charge >= 0.3 is 6.09 Å². The van der Waals surface area contributed by atoms with Gasteiger partial charge in [-0.05, 0) is 42.9 Å². The first-order valence-electron chi connectivity index (χ1n) is 15.0. The van der Waals surface area contributed by atoms with Gasteiger partial charge in [0.15, 0.2) is 0 Å². The molecule has 0 bridgehead atoms. The summed E-state index contributed by atoms with van der Waals surface area (Å²) in [6.45, 7) is 3.20. The highest BCUT2D eigenvalue weighted by Crippen LogP contribution is 2.27. The van der Waals surface area contributed by atoms with Crippen LogP contribution in [0.1, 0.15) is 50.5 Å². The standard InChI is InChI=1S/C30H46N4O5S2/c1-38-16-17-39-30(37)34-22-41-21-27(34)29(36)32-26(20-40-19-24-10-6-3-7-11-24)28(35)31-25-12-14-33(15-13-25)18-23-8-4-2-5-9-23/h2,4-5,8-9,24-27H,3,6-7,10-22H2,1H3,(H,31,35)(H,32,36)/t26-,27-/m0/s1. The molecule has 0 spiro atoms. The number of methoxy groups -OCH3 is 1. The smallest absolute Gasteiger partial charge is 0.411 e. The van der Waals surface area contributed by atoms with Crippen LogP contribution in [0.15, 0.2) is 30.3 Å². The molecule has 2 aliphatic heterocycles. The number of nitrogens with zero attached hydrogens (tertiary/aromatic N) is 2. The fraction of sp³-hybridized carbons (Fsp3) is 0.700. The zero-order chi connectivity index (χ0) is 28.9. The number of carbonyl (C=O) groups is 3. The second-order valence-corrected chi connectivity index (χ2v) is 13.3. The normalized spacial score (nSPS) is 21.4. The van der Waals surface area contributed by atoms with Crippen LogP contribution in [-0.2, 0) is 25.6 Å². The highest BCUT2D eigenvalue weighted by Gasteiger charge is 2.37. The molecular weight excluding hydrogens is 560 g/mol. The number of hydrogen-bond acceptors (Lipinski definition) is 8. The summed E-state index contributed by atoms with van der Waals surface area (Å²) >= 11 is 3.27. The van der Waals surface area contributed by atoms with Gasteiger partial charge in [-0.2, -0.15) is 11.8 Å². The fourth-order valence-electron chi connectivity index (χ4n) is 5.67. The number of rotatable bonds is 13. The van der Waals surface area contributed by atoms with E-state index in [0.717, 1.165) is 38.2 Å². The van der Waals surface area contributed by atoms with E-state index in [0.29, 0.717) is 29.9 Å². The van der Waals surface area contributed by atoms with Crippen molar-refractivity contribution in [2.75, 3.05) is 56.5 Å².